The zero-order valence-electron chi connectivity index (χ0n) is 10.4. The van der Waals surface area contributed by atoms with Gasteiger partial charge in [0.25, 0.3) is 5.91 Å². The molecule has 2 N–H and O–H groups in total. The molecule has 0 aliphatic heterocycles. The maximum absolute atomic E-state index is 11.4. The first-order valence-electron chi connectivity index (χ1n) is 5.57. The van der Waals surface area contributed by atoms with Gasteiger partial charge in [-0.25, -0.2) is 0 Å². The molecule has 0 heterocycles. The predicted molar refractivity (Wildman–Crippen MR) is 76.8 cm³/mol. The number of carbonyl (C=O) groups excluding carboxylic acids is 2. The van der Waals surface area contributed by atoms with Crippen LogP contribution in [0.4, 0.5) is 0 Å². The van der Waals surface area contributed by atoms with Crippen LogP contribution in [-0.4, -0.2) is 31.5 Å². The van der Waals surface area contributed by atoms with Crippen molar-refractivity contribution < 1.29 is 14.3 Å². The molecule has 1 rings (SSSR count). The smallest absolute Gasteiger partial charge is 0.258 e. The van der Waals surface area contributed by atoms with E-state index in [-0.39, 0.29) is 25.6 Å². The zero-order chi connectivity index (χ0) is 15.0. The zero-order valence-corrected chi connectivity index (χ0v) is 11.9. The number of benzene rings is 1. The second kappa shape index (κ2) is 8.31. The highest BCUT2D eigenvalue weighted by molar-refractivity contribution is 6.35. The molecule has 0 aromatic heterocycles. The second-order valence-corrected chi connectivity index (χ2v) is 4.46. The Bertz CT molecular complexity index is 541. The van der Waals surface area contributed by atoms with Crippen LogP contribution in [-0.2, 0) is 9.59 Å². The lowest BCUT2D eigenvalue weighted by molar-refractivity contribution is -0.127. The van der Waals surface area contributed by atoms with Crippen molar-refractivity contribution in [2.75, 3.05) is 19.7 Å². The Hall–Kier alpha value is -1.90. The van der Waals surface area contributed by atoms with Crippen molar-refractivity contribution in [2.45, 2.75) is 0 Å². The Morgan fingerprint density at radius 2 is 2.00 bits per heavy atom. The van der Waals surface area contributed by atoms with Crippen LogP contribution in [0.15, 0.2) is 18.2 Å². The van der Waals surface area contributed by atoms with Gasteiger partial charge in [0.05, 0.1) is 18.1 Å². The van der Waals surface area contributed by atoms with Crippen LogP contribution in [0, 0.1) is 12.3 Å². The van der Waals surface area contributed by atoms with Gasteiger partial charge in [-0.3, -0.25) is 9.59 Å². The van der Waals surface area contributed by atoms with E-state index >= 15 is 0 Å². The first kappa shape index (κ1) is 16.2. The summed E-state index contributed by atoms with van der Waals surface area (Å²) in [5.41, 5.74) is 0. The van der Waals surface area contributed by atoms with E-state index in [2.05, 4.69) is 16.6 Å². The van der Waals surface area contributed by atoms with Crippen LogP contribution >= 0.6 is 23.2 Å². The summed E-state index contributed by atoms with van der Waals surface area (Å²) in [6, 6.07) is 4.65. The third-order valence-electron chi connectivity index (χ3n) is 2.09. The Morgan fingerprint density at radius 1 is 1.25 bits per heavy atom. The molecule has 0 aliphatic rings. The van der Waals surface area contributed by atoms with Crippen molar-refractivity contribution in [2.24, 2.45) is 0 Å². The molecule has 7 heteroatoms. The topological polar surface area (TPSA) is 67.4 Å². The number of amides is 2. The lowest BCUT2D eigenvalue weighted by Crippen LogP contribution is -2.39. The van der Waals surface area contributed by atoms with Gasteiger partial charge in [0, 0.05) is 5.02 Å². The van der Waals surface area contributed by atoms with Crippen LogP contribution in [0.25, 0.3) is 0 Å². The van der Waals surface area contributed by atoms with E-state index in [4.69, 9.17) is 34.4 Å². The fourth-order valence-corrected chi connectivity index (χ4v) is 1.64. The van der Waals surface area contributed by atoms with Gasteiger partial charge in [-0.1, -0.05) is 29.1 Å². The molecule has 0 unspecified atom stereocenters. The predicted octanol–water partition coefficient (Wildman–Crippen LogP) is 1.24. The highest BCUT2D eigenvalue weighted by Crippen LogP contribution is 2.27. The lowest BCUT2D eigenvalue weighted by atomic mass is 10.3. The molecule has 0 atom stereocenters. The summed E-state index contributed by atoms with van der Waals surface area (Å²) in [4.78, 5) is 22.6. The van der Waals surface area contributed by atoms with Crippen molar-refractivity contribution in [3.8, 4) is 18.1 Å². The number of terminal acetylenes is 1. The number of ether oxygens (including phenoxy) is 1. The Labute approximate surface area is 126 Å². The van der Waals surface area contributed by atoms with Crippen molar-refractivity contribution >= 4 is 35.0 Å². The minimum absolute atomic E-state index is 0.117. The molecule has 0 aliphatic carbocycles. The first-order chi connectivity index (χ1) is 9.52. The van der Waals surface area contributed by atoms with Gasteiger partial charge in [0.1, 0.15) is 5.75 Å². The molecule has 1 aromatic carbocycles. The number of hydrogen-bond donors (Lipinski definition) is 2. The first-order valence-corrected chi connectivity index (χ1v) is 6.33. The monoisotopic (exact) mass is 314 g/mol. The summed E-state index contributed by atoms with van der Waals surface area (Å²) in [5, 5.41) is 5.56. The van der Waals surface area contributed by atoms with E-state index in [1.165, 1.54) is 6.07 Å². The summed E-state index contributed by atoms with van der Waals surface area (Å²) < 4.78 is 5.20. The van der Waals surface area contributed by atoms with Gasteiger partial charge in [-0.2, -0.15) is 0 Å². The molecule has 1 aromatic rings. The van der Waals surface area contributed by atoms with Crippen molar-refractivity contribution in [1.82, 2.24) is 10.6 Å². The van der Waals surface area contributed by atoms with E-state index < -0.39 is 5.91 Å². The largest absolute Gasteiger partial charge is 0.482 e. The van der Waals surface area contributed by atoms with Crippen LogP contribution in [0.5, 0.6) is 5.75 Å². The molecule has 0 saturated heterocycles. The Kier molecular flexibility index (Phi) is 6.71. The molecule has 0 spiro atoms. The van der Waals surface area contributed by atoms with E-state index in [1.54, 1.807) is 12.1 Å². The standard InChI is InChI=1S/C13H12Cl2N2O3/c1-2-5-16-12(18)7-17-13(19)8-20-11-4-3-9(14)6-10(11)15/h1,3-4,6H,5,7-8H2,(H,16,18)(H,17,19). The van der Waals surface area contributed by atoms with Gasteiger partial charge in [0.15, 0.2) is 6.61 Å². The summed E-state index contributed by atoms with van der Waals surface area (Å²) in [6.07, 6.45) is 4.98. The summed E-state index contributed by atoms with van der Waals surface area (Å²) in [5.74, 6) is 1.76. The number of carbonyl (C=O) groups is 2. The lowest BCUT2D eigenvalue weighted by Gasteiger charge is -2.08. The molecular formula is C13H12Cl2N2O3. The minimum Gasteiger partial charge on any atom is -0.482 e. The Balaban J connectivity index is 2.33. The molecule has 5 nitrogen and oxygen atoms in total. The van der Waals surface area contributed by atoms with Gasteiger partial charge in [-0.15, -0.1) is 6.42 Å². The fourth-order valence-electron chi connectivity index (χ4n) is 1.18. The third kappa shape index (κ3) is 5.83. The van der Waals surface area contributed by atoms with Crippen LogP contribution in [0.1, 0.15) is 0 Å². The SMILES string of the molecule is C#CCNC(=O)CNC(=O)COc1ccc(Cl)cc1Cl. The fraction of sp³-hybridized carbons (Fsp3) is 0.231. The molecule has 0 radical (unpaired) electrons. The summed E-state index contributed by atoms with van der Waals surface area (Å²) in [7, 11) is 0. The second-order valence-electron chi connectivity index (χ2n) is 3.62. The van der Waals surface area contributed by atoms with Gasteiger partial charge < -0.3 is 15.4 Å². The van der Waals surface area contributed by atoms with E-state index in [1.807, 2.05) is 0 Å². The van der Waals surface area contributed by atoms with Crippen molar-refractivity contribution in [3.05, 3.63) is 28.2 Å². The number of halogens is 2. The average molecular weight is 315 g/mol. The normalized spacial score (nSPS) is 9.45. The van der Waals surface area contributed by atoms with E-state index in [0.717, 1.165) is 0 Å². The van der Waals surface area contributed by atoms with Crippen molar-refractivity contribution in [3.63, 3.8) is 0 Å². The maximum Gasteiger partial charge on any atom is 0.258 e. The van der Waals surface area contributed by atoms with Crippen LogP contribution < -0.4 is 15.4 Å². The van der Waals surface area contributed by atoms with Gasteiger partial charge in [0.2, 0.25) is 5.91 Å². The molecule has 0 saturated carbocycles. The molecule has 106 valence electrons. The summed E-state index contributed by atoms with van der Waals surface area (Å²) >= 11 is 11.6. The number of hydrogen-bond acceptors (Lipinski definition) is 3. The van der Waals surface area contributed by atoms with Gasteiger partial charge >= 0.3 is 0 Å². The molecule has 2 amide bonds. The summed E-state index contributed by atoms with van der Waals surface area (Å²) in [6.45, 7) is -0.312. The van der Waals surface area contributed by atoms with Gasteiger partial charge in [-0.05, 0) is 18.2 Å². The Morgan fingerprint density at radius 3 is 2.65 bits per heavy atom. The highest BCUT2D eigenvalue weighted by Gasteiger charge is 2.08. The average Bonchev–Trinajstić information content (AvgIpc) is 2.41. The highest BCUT2D eigenvalue weighted by atomic mass is 35.5. The van der Waals surface area contributed by atoms with Crippen LogP contribution in [0.3, 0.4) is 0 Å². The van der Waals surface area contributed by atoms with Crippen LogP contribution in [0.2, 0.25) is 10.0 Å². The molecular weight excluding hydrogens is 303 g/mol. The minimum atomic E-state index is -0.452. The molecule has 20 heavy (non-hydrogen) atoms. The van der Waals surface area contributed by atoms with Crippen molar-refractivity contribution in [1.29, 1.82) is 0 Å². The molecule has 0 fully saturated rings. The van der Waals surface area contributed by atoms with E-state index in [9.17, 15) is 9.59 Å². The number of rotatable bonds is 6. The molecule has 0 bridgehead atoms. The maximum atomic E-state index is 11.4. The van der Waals surface area contributed by atoms with E-state index in [0.29, 0.717) is 15.8 Å². The quantitative estimate of drug-likeness (QED) is 0.776. The number of nitrogens with one attached hydrogen (secondary N) is 2. The third-order valence-corrected chi connectivity index (χ3v) is 2.62.